The van der Waals surface area contributed by atoms with Crippen LogP contribution in [0, 0.1) is 6.92 Å². The van der Waals surface area contributed by atoms with Crippen LogP contribution in [0.15, 0.2) is 34.9 Å². The summed E-state index contributed by atoms with van der Waals surface area (Å²) in [6.45, 7) is 6.24. The number of likely N-dealkylation sites (tertiary alicyclic amines) is 1. The molecule has 0 spiro atoms. The van der Waals surface area contributed by atoms with Gasteiger partial charge in [-0.1, -0.05) is 0 Å². The van der Waals surface area contributed by atoms with Crippen molar-refractivity contribution in [3.05, 3.63) is 47.4 Å². The maximum atomic E-state index is 12.2. The van der Waals surface area contributed by atoms with Gasteiger partial charge >= 0.3 is 0 Å². The quantitative estimate of drug-likeness (QED) is 0.721. The van der Waals surface area contributed by atoms with Crippen LogP contribution < -0.4 is 15.8 Å². The molecular weight excluding hydrogens is 389 g/mol. The third-order valence-corrected chi connectivity index (χ3v) is 4.41. The molecule has 1 aliphatic rings. The molecule has 1 saturated heterocycles. The molecule has 27 heavy (non-hydrogen) atoms. The average molecular weight is 416 g/mol. The SMILES string of the molecule is Cc1cc(NC(=O)c2coc(CN)c2)ccc1OCCN1CCCC1.Cl.Cl. The smallest absolute Gasteiger partial charge is 0.258 e. The first-order valence-corrected chi connectivity index (χ1v) is 8.70. The number of carbonyl (C=O) groups excluding carboxylic acids is 1. The molecule has 0 aliphatic carbocycles. The van der Waals surface area contributed by atoms with Crippen LogP contribution in [0.2, 0.25) is 0 Å². The topological polar surface area (TPSA) is 80.7 Å². The molecule has 0 unspecified atom stereocenters. The van der Waals surface area contributed by atoms with Gasteiger partial charge < -0.3 is 20.2 Å². The zero-order valence-corrected chi connectivity index (χ0v) is 17.0. The van der Waals surface area contributed by atoms with Gasteiger partial charge in [0.15, 0.2) is 0 Å². The number of aryl methyl sites for hydroxylation is 1. The lowest BCUT2D eigenvalue weighted by atomic mass is 10.2. The van der Waals surface area contributed by atoms with E-state index in [1.54, 1.807) is 6.07 Å². The molecule has 1 amide bonds. The second kappa shape index (κ2) is 11.2. The second-order valence-electron chi connectivity index (χ2n) is 6.34. The number of benzene rings is 1. The highest BCUT2D eigenvalue weighted by atomic mass is 35.5. The summed E-state index contributed by atoms with van der Waals surface area (Å²) in [5.74, 6) is 1.22. The number of amides is 1. The molecule has 0 bridgehead atoms. The first-order valence-electron chi connectivity index (χ1n) is 8.70. The first-order chi connectivity index (χ1) is 12.2. The zero-order chi connectivity index (χ0) is 17.6. The number of nitrogens with one attached hydrogen (secondary N) is 1. The van der Waals surface area contributed by atoms with Crippen molar-refractivity contribution in [1.82, 2.24) is 4.90 Å². The van der Waals surface area contributed by atoms with Crippen LogP contribution in [0.4, 0.5) is 5.69 Å². The Hall–Kier alpha value is -1.73. The summed E-state index contributed by atoms with van der Waals surface area (Å²) in [6.07, 6.45) is 3.99. The van der Waals surface area contributed by atoms with Crippen LogP contribution in [0.25, 0.3) is 0 Å². The van der Waals surface area contributed by atoms with E-state index in [1.807, 2.05) is 25.1 Å². The number of nitrogens with zero attached hydrogens (tertiary/aromatic N) is 1. The lowest BCUT2D eigenvalue weighted by molar-refractivity contribution is 0.102. The van der Waals surface area contributed by atoms with Crippen LogP contribution in [-0.4, -0.2) is 37.0 Å². The Morgan fingerprint density at radius 1 is 1.26 bits per heavy atom. The van der Waals surface area contributed by atoms with Crippen molar-refractivity contribution >= 4 is 36.4 Å². The Kier molecular flexibility index (Phi) is 9.66. The molecule has 6 nitrogen and oxygen atoms in total. The van der Waals surface area contributed by atoms with E-state index in [9.17, 15) is 4.79 Å². The van der Waals surface area contributed by atoms with Gasteiger partial charge in [-0.3, -0.25) is 9.69 Å². The number of nitrogens with two attached hydrogens (primary N) is 1. The molecule has 1 fully saturated rings. The van der Waals surface area contributed by atoms with Crippen molar-refractivity contribution in [2.75, 3.05) is 31.6 Å². The molecule has 3 N–H and O–H groups in total. The van der Waals surface area contributed by atoms with E-state index in [1.165, 1.54) is 32.2 Å². The maximum Gasteiger partial charge on any atom is 0.258 e. The van der Waals surface area contributed by atoms with Crippen molar-refractivity contribution in [2.45, 2.75) is 26.3 Å². The molecule has 1 aliphatic heterocycles. The number of hydrogen-bond acceptors (Lipinski definition) is 5. The van der Waals surface area contributed by atoms with Crippen molar-refractivity contribution < 1.29 is 13.9 Å². The lowest BCUT2D eigenvalue weighted by Crippen LogP contribution is -2.25. The van der Waals surface area contributed by atoms with Gasteiger partial charge in [-0.2, -0.15) is 0 Å². The van der Waals surface area contributed by atoms with E-state index < -0.39 is 0 Å². The van der Waals surface area contributed by atoms with Crippen LogP contribution in [-0.2, 0) is 6.54 Å². The predicted molar refractivity (Wildman–Crippen MR) is 111 cm³/mol. The van der Waals surface area contributed by atoms with Gasteiger partial charge in [-0.15, -0.1) is 24.8 Å². The van der Waals surface area contributed by atoms with Gasteiger partial charge in [-0.25, -0.2) is 0 Å². The third-order valence-electron chi connectivity index (χ3n) is 4.41. The zero-order valence-electron chi connectivity index (χ0n) is 15.4. The molecule has 0 atom stereocenters. The number of furan rings is 1. The highest BCUT2D eigenvalue weighted by molar-refractivity contribution is 6.04. The largest absolute Gasteiger partial charge is 0.492 e. The minimum atomic E-state index is -0.217. The molecule has 2 heterocycles. The van der Waals surface area contributed by atoms with Gasteiger partial charge in [0.1, 0.15) is 24.4 Å². The fraction of sp³-hybridized carbons (Fsp3) is 0.421. The van der Waals surface area contributed by atoms with Crippen molar-refractivity contribution in [1.29, 1.82) is 0 Å². The van der Waals surface area contributed by atoms with Crippen molar-refractivity contribution in [2.24, 2.45) is 5.73 Å². The highest BCUT2D eigenvalue weighted by Gasteiger charge is 2.12. The Bertz CT molecular complexity index is 731. The molecule has 2 aromatic rings. The third kappa shape index (κ3) is 6.43. The summed E-state index contributed by atoms with van der Waals surface area (Å²) in [4.78, 5) is 14.6. The predicted octanol–water partition coefficient (Wildman–Crippen LogP) is 3.62. The number of carbonyl (C=O) groups is 1. The van der Waals surface area contributed by atoms with E-state index in [0.29, 0.717) is 17.9 Å². The van der Waals surface area contributed by atoms with Gasteiger partial charge in [0.05, 0.1) is 12.1 Å². The van der Waals surface area contributed by atoms with E-state index in [2.05, 4.69) is 10.2 Å². The lowest BCUT2D eigenvalue weighted by Gasteiger charge is -2.16. The monoisotopic (exact) mass is 415 g/mol. The van der Waals surface area contributed by atoms with Gasteiger partial charge in [0, 0.05) is 12.2 Å². The molecule has 1 aromatic carbocycles. The summed E-state index contributed by atoms with van der Waals surface area (Å²) in [7, 11) is 0. The Labute approximate surface area is 172 Å². The summed E-state index contributed by atoms with van der Waals surface area (Å²) < 4.78 is 11.1. The van der Waals surface area contributed by atoms with E-state index in [4.69, 9.17) is 14.9 Å². The van der Waals surface area contributed by atoms with Crippen molar-refractivity contribution in [3.8, 4) is 5.75 Å². The van der Waals surface area contributed by atoms with Gasteiger partial charge in [0.25, 0.3) is 5.91 Å². The summed E-state index contributed by atoms with van der Waals surface area (Å²) >= 11 is 0. The fourth-order valence-electron chi connectivity index (χ4n) is 2.99. The van der Waals surface area contributed by atoms with Crippen LogP contribution >= 0.6 is 24.8 Å². The molecule has 0 radical (unpaired) electrons. The number of halogens is 2. The second-order valence-corrected chi connectivity index (χ2v) is 6.34. The molecule has 0 saturated carbocycles. The summed E-state index contributed by atoms with van der Waals surface area (Å²) in [5, 5.41) is 2.86. The minimum absolute atomic E-state index is 0. The van der Waals surface area contributed by atoms with Gasteiger partial charge in [-0.05, 0) is 62.7 Å². The van der Waals surface area contributed by atoms with Crippen LogP contribution in [0.3, 0.4) is 0 Å². The Balaban J connectivity index is 0.00000182. The number of anilines is 1. The van der Waals surface area contributed by atoms with Crippen molar-refractivity contribution in [3.63, 3.8) is 0 Å². The van der Waals surface area contributed by atoms with E-state index in [-0.39, 0.29) is 37.3 Å². The highest BCUT2D eigenvalue weighted by Crippen LogP contribution is 2.23. The normalized spacial score (nSPS) is 13.6. The number of rotatable bonds is 7. The Morgan fingerprint density at radius 2 is 2.00 bits per heavy atom. The molecule has 3 rings (SSSR count). The van der Waals surface area contributed by atoms with E-state index >= 15 is 0 Å². The maximum absolute atomic E-state index is 12.2. The average Bonchev–Trinajstić information content (AvgIpc) is 3.28. The standard InChI is InChI=1S/C19H25N3O3.2ClH/c1-14-10-16(21-19(23)15-11-17(12-20)25-13-15)4-5-18(14)24-9-8-22-6-2-3-7-22;;/h4-5,10-11,13H,2-3,6-9,12,20H2,1H3,(H,21,23);2*1H. The first kappa shape index (κ1) is 23.3. The molecule has 1 aromatic heterocycles. The summed E-state index contributed by atoms with van der Waals surface area (Å²) in [6, 6.07) is 7.31. The Morgan fingerprint density at radius 3 is 2.63 bits per heavy atom. The molecule has 150 valence electrons. The molecular formula is C19H27Cl2N3O3. The fourth-order valence-corrected chi connectivity index (χ4v) is 2.99. The van der Waals surface area contributed by atoms with Crippen LogP contribution in [0.5, 0.6) is 5.75 Å². The number of hydrogen-bond donors (Lipinski definition) is 2. The number of ether oxygens (including phenoxy) is 1. The van der Waals surface area contributed by atoms with Crippen LogP contribution in [0.1, 0.15) is 34.5 Å². The summed E-state index contributed by atoms with van der Waals surface area (Å²) in [5.41, 5.74) is 7.67. The minimum Gasteiger partial charge on any atom is -0.492 e. The van der Waals surface area contributed by atoms with Gasteiger partial charge in [0.2, 0.25) is 0 Å². The van der Waals surface area contributed by atoms with E-state index in [0.717, 1.165) is 23.5 Å². The molecule has 8 heteroatoms.